The van der Waals surface area contributed by atoms with Gasteiger partial charge in [0.25, 0.3) is 5.56 Å². The van der Waals surface area contributed by atoms with Crippen LogP contribution in [-0.2, 0) is 12.6 Å². The molecule has 3 aromatic rings. The summed E-state index contributed by atoms with van der Waals surface area (Å²) >= 11 is 0. The van der Waals surface area contributed by atoms with Gasteiger partial charge < -0.3 is 10.6 Å². The van der Waals surface area contributed by atoms with Crippen LogP contribution in [0.25, 0.3) is 16.8 Å². The predicted octanol–water partition coefficient (Wildman–Crippen LogP) is 4.50. The zero-order valence-corrected chi connectivity index (χ0v) is 17.3. The van der Waals surface area contributed by atoms with Crippen LogP contribution < -0.4 is 16.2 Å². The predicted molar refractivity (Wildman–Crippen MR) is 115 cm³/mol. The molecule has 0 unspecified atom stereocenters. The number of halogens is 3. The van der Waals surface area contributed by atoms with Crippen LogP contribution in [0, 0.1) is 0 Å². The van der Waals surface area contributed by atoms with Crippen molar-refractivity contribution < 1.29 is 13.2 Å². The SMILES string of the molecule is CCCCc1nc2cc(C(F)(F)F)ccn2c(=O)c1-c1ccc(N[C@@H]2CCNC2)cc1. The van der Waals surface area contributed by atoms with Crippen molar-refractivity contribution >= 4 is 11.3 Å². The minimum absolute atomic E-state index is 0.0155. The van der Waals surface area contributed by atoms with Gasteiger partial charge in [-0.1, -0.05) is 25.5 Å². The first-order valence-electron chi connectivity index (χ1n) is 10.6. The minimum Gasteiger partial charge on any atom is -0.381 e. The maximum absolute atomic E-state index is 13.3. The monoisotopic (exact) mass is 430 g/mol. The Morgan fingerprint density at radius 2 is 2.00 bits per heavy atom. The third-order valence-electron chi connectivity index (χ3n) is 5.60. The van der Waals surface area contributed by atoms with Gasteiger partial charge in [-0.05, 0) is 55.6 Å². The molecule has 0 bridgehead atoms. The number of hydrogen-bond acceptors (Lipinski definition) is 4. The molecule has 0 aliphatic carbocycles. The van der Waals surface area contributed by atoms with Gasteiger partial charge in [0.05, 0.1) is 16.8 Å². The van der Waals surface area contributed by atoms with E-state index in [0.29, 0.717) is 29.3 Å². The van der Waals surface area contributed by atoms with E-state index in [1.807, 2.05) is 31.2 Å². The maximum Gasteiger partial charge on any atom is 0.416 e. The summed E-state index contributed by atoms with van der Waals surface area (Å²) in [6.07, 6.45) is -0.0619. The number of fused-ring (bicyclic) bond motifs is 1. The summed E-state index contributed by atoms with van der Waals surface area (Å²) in [5.74, 6) is 0. The Bertz CT molecular complexity index is 1120. The van der Waals surface area contributed by atoms with Crippen molar-refractivity contribution in [3.63, 3.8) is 0 Å². The van der Waals surface area contributed by atoms with Gasteiger partial charge in [-0.25, -0.2) is 4.98 Å². The molecule has 8 heteroatoms. The highest BCUT2D eigenvalue weighted by Crippen LogP contribution is 2.30. The first-order valence-corrected chi connectivity index (χ1v) is 10.6. The van der Waals surface area contributed by atoms with Crippen molar-refractivity contribution in [3.05, 3.63) is 64.2 Å². The summed E-state index contributed by atoms with van der Waals surface area (Å²) in [7, 11) is 0. The maximum atomic E-state index is 13.3. The topological polar surface area (TPSA) is 58.4 Å². The van der Waals surface area contributed by atoms with Crippen LogP contribution in [0.5, 0.6) is 0 Å². The molecule has 164 valence electrons. The van der Waals surface area contributed by atoms with Crippen LogP contribution in [0.15, 0.2) is 47.4 Å². The van der Waals surface area contributed by atoms with Gasteiger partial charge in [0.15, 0.2) is 0 Å². The summed E-state index contributed by atoms with van der Waals surface area (Å²) in [5.41, 5.74) is 1.51. The Balaban J connectivity index is 1.76. The number of benzene rings is 1. The van der Waals surface area contributed by atoms with Crippen LogP contribution >= 0.6 is 0 Å². The summed E-state index contributed by atoms with van der Waals surface area (Å²) in [6.45, 7) is 3.93. The highest BCUT2D eigenvalue weighted by atomic mass is 19.4. The molecule has 2 N–H and O–H groups in total. The zero-order chi connectivity index (χ0) is 22.0. The average Bonchev–Trinajstić information content (AvgIpc) is 3.25. The average molecular weight is 430 g/mol. The molecule has 3 heterocycles. The third kappa shape index (κ3) is 4.58. The van der Waals surface area contributed by atoms with Gasteiger partial charge in [0.1, 0.15) is 5.65 Å². The number of nitrogens with one attached hydrogen (secondary N) is 2. The summed E-state index contributed by atoms with van der Waals surface area (Å²) < 4.78 is 40.6. The molecule has 1 fully saturated rings. The fraction of sp³-hybridized carbons (Fsp3) is 0.391. The number of rotatable bonds is 6. The number of nitrogens with zero attached hydrogens (tertiary/aromatic N) is 2. The van der Waals surface area contributed by atoms with Gasteiger partial charge in [-0.15, -0.1) is 0 Å². The van der Waals surface area contributed by atoms with Gasteiger partial charge in [0.2, 0.25) is 0 Å². The molecule has 0 saturated carbocycles. The standard InChI is InChI=1S/C23H25F3N4O/c1-2-3-4-19-21(15-5-7-17(8-6-15)28-18-9-11-27-14-18)22(31)30-12-10-16(23(24,25)26)13-20(30)29-19/h5-8,10,12-13,18,27-28H,2-4,9,11,14H2,1H3/t18-/m1/s1. The molecule has 0 radical (unpaired) electrons. The number of unbranched alkanes of at least 4 members (excludes halogenated alkanes) is 1. The summed E-state index contributed by atoms with van der Waals surface area (Å²) in [4.78, 5) is 17.7. The van der Waals surface area contributed by atoms with Crippen molar-refractivity contribution in [1.82, 2.24) is 14.7 Å². The molecule has 1 atom stereocenters. The van der Waals surface area contributed by atoms with Crippen molar-refractivity contribution in [2.75, 3.05) is 18.4 Å². The van der Waals surface area contributed by atoms with Crippen LogP contribution in [0.3, 0.4) is 0 Å². The summed E-state index contributed by atoms with van der Waals surface area (Å²) in [6, 6.07) is 9.82. The van der Waals surface area contributed by atoms with E-state index in [2.05, 4.69) is 15.6 Å². The molecule has 1 aliphatic heterocycles. The lowest BCUT2D eigenvalue weighted by molar-refractivity contribution is -0.137. The van der Waals surface area contributed by atoms with E-state index >= 15 is 0 Å². The van der Waals surface area contributed by atoms with E-state index < -0.39 is 11.7 Å². The minimum atomic E-state index is -4.49. The zero-order valence-electron chi connectivity index (χ0n) is 17.3. The smallest absolute Gasteiger partial charge is 0.381 e. The van der Waals surface area contributed by atoms with Crippen molar-refractivity contribution in [3.8, 4) is 11.1 Å². The highest BCUT2D eigenvalue weighted by molar-refractivity contribution is 5.69. The first-order chi connectivity index (χ1) is 14.9. The quantitative estimate of drug-likeness (QED) is 0.605. The highest BCUT2D eigenvalue weighted by Gasteiger charge is 2.31. The first kappa shape index (κ1) is 21.4. The van der Waals surface area contributed by atoms with Gasteiger partial charge in [-0.2, -0.15) is 13.2 Å². The number of pyridine rings is 1. The van der Waals surface area contributed by atoms with E-state index in [1.54, 1.807) is 0 Å². The number of aryl methyl sites for hydroxylation is 1. The Kier molecular flexibility index (Phi) is 6.00. The lowest BCUT2D eigenvalue weighted by Crippen LogP contribution is -2.22. The van der Waals surface area contributed by atoms with Crippen LogP contribution in [-0.4, -0.2) is 28.5 Å². The van der Waals surface area contributed by atoms with Crippen molar-refractivity contribution in [2.24, 2.45) is 0 Å². The molecule has 31 heavy (non-hydrogen) atoms. The van der Waals surface area contributed by atoms with E-state index in [9.17, 15) is 18.0 Å². The van der Waals surface area contributed by atoms with Gasteiger partial charge in [-0.3, -0.25) is 9.20 Å². The number of alkyl halides is 3. The van der Waals surface area contributed by atoms with Crippen LogP contribution in [0.1, 0.15) is 37.4 Å². The number of aromatic nitrogens is 2. The van der Waals surface area contributed by atoms with Crippen molar-refractivity contribution in [1.29, 1.82) is 0 Å². The van der Waals surface area contributed by atoms with E-state index in [-0.39, 0.29) is 11.2 Å². The Morgan fingerprint density at radius 1 is 1.23 bits per heavy atom. The molecule has 5 nitrogen and oxygen atoms in total. The molecular weight excluding hydrogens is 405 g/mol. The van der Waals surface area contributed by atoms with E-state index in [4.69, 9.17) is 0 Å². The van der Waals surface area contributed by atoms with Crippen LogP contribution in [0.2, 0.25) is 0 Å². The molecule has 1 aromatic carbocycles. The molecule has 1 aliphatic rings. The molecule has 1 saturated heterocycles. The second-order valence-electron chi connectivity index (χ2n) is 7.89. The van der Waals surface area contributed by atoms with E-state index in [1.165, 1.54) is 4.40 Å². The van der Waals surface area contributed by atoms with Crippen LogP contribution in [0.4, 0.5) is 18.9 Å². The summed E-state index contributed by atoms with van der Waals surface area (Å²) in [5, 5.41) is 6.77. The molecule has 0 spiro atoms. The fourth-order valence-electron chi connectivity index (χ4n) is 3.92. The normalized spacial score (nSPS) is 16.7. The fourth-order valence-corrected chi connectivity index (χ4v) is 3.92. The van der Waals surface area contributed by atoms with Crippen molar-refractivity contribution in [2.45, 2.75) is 44.8 Å². The van der Waals surface area contributed by atoms with Gasteiger partial charge >= 0.3 is 6.18 Å². The number of anilines is 1. The third-order valence-corrected chi connectivity index (χ3v) is 5.60. The second kappa shape index (κ2) is 8.70. The molecule has 4 rings (SSSR count). The van der Waals surface area contributed by atoms with E-state index in [0.717, 1.165) is 56.4 Å². The largest absolute Gasteiger partial charge is 0.416 e. The molecule has 0 amide bonds. The Hall–Kier alpha value is -2.87. The second-order valence-corrected chi connectivity index (χ2v) is 7.89. The molecule has 2 aromatic heterocycles. The molecular formula is C23H25F3N4O. The van der Waals surface area contributed by atoms with Gasteiger partial charge in [0, 0.05) is 24.5 Å². The Morgan fingerprint density at radius 3 is 2.65 bits per heavy atom. The number of hydrogen-bond donors (Lipinski definition) is 2. The lowest BCUT2D eigenvalue weighted by Gasteiger charge is -2.15. The Labute approximate surface area is 178 Å². The lowest BCUT2D eigenvalue weighted by atomic mass is 10.0.